The Morgan fingerprint density at radius 2 is 2.10 bits per heavy atom. The fourth-order valence-corrected chi connectivity index (χ4v) is 0.916. The van der Waals surface area contributed by atoms with E-state index in [0.29, 0.717) is 0 Å². The second-order valence-corrected chi connectivity index (χ2v) is 2.95. The monoisotopic (exact) mass is 157 g/mol. The lowest BCUT2D eigenvalue weighted by Gasteiger charge is -1.89. The van der Waals surface area contributed by atoms with Crippen molar-refractivity contribution >= 4 is 10.7 Å². The molecule has 4 heteroatoms. The van der Waals surface area contributed by atoms with Crippen LogP contribution < -0.4 is 0 Å². The number of aryl methyl sites for hydroxylation is 1. The molecule has 0 atom stereocenters. The molecule has 1 rings (SSSR count). The Bertz CT molecular complexity index is 281. The standard InChI is InChI=1S/C6H7NO2S/c1-5-2-3-6(4-7-5)10(8)9/h2-4,10H,1H3. The Morgan fingerprint density at radius 3 is 2.50 bits per heavy atom. The van der Waals surface area contributed by atoms with E-state index < -0.39 is 10.7 Å². The summed E-state index contributed by atoms with van der Waals surface area (Å²) in [6.07, 6.45) is 1.35. The maximum Gasteiger partial charge on any atom is 0.169 e. The Balaban J connectivity index is 3.12. The number of pyridine rings is 1. The highest BCUT2D eigenvalue weighted by Crippen LogP contribution is 1.98. The lowest BCUT2D eigenvalue weighted by molar-refractivity contribution is 0.614. The number of aromatic nitrogens is 1. The van der Waals surface area contributed by atoms with Crippen LogP contribution in [0.3, 0.4) is 0 Å². The molecule has 10 heavy (non-hydrogen) atoms. The largest absolute Gasteiger partial charge is 0.260 e. The average Bonchev–Trinajstić information content (AvgIpc) is 1.88. The van der Waals surface area contributed by atoms with Crippen molar-refractivity contribution < 1.29 is 8.42 Å². The van der Waals surface area contributed by atoms with Crippen LogP contribution in [0.15, 0.2) is 23.2 Å². The summed E-state index contributed by atoms with van der Waals surface area (Å²) >= 11 is 0. The minimum atomic E-state index is -2.47. The van der Waals surface area contributed by atoms with E-state index in [1.807, 2.05) is 6.92 Å². The zero-order valence-electron chi connectivity index (χ0n) is 5.44. The normalized spacial score (nSPS) is 10.2. The van der Waals surface area contributed by atoms with Gasteiger partial charge < -0.3 is 0 Å². The fourth-order valence-electron chi connectivity index (χ4n) is 0.568. The SMILES string of the molecule is Cc1ccc([SH](=O)=O)cn1. The van der Waals surface area contributed by atoms with E-state index in [2.05, 4.69) is 4.98 Å². The third-order valence-electron chi connectivity index (χ3n) is 1.11. The molecule has 0 fully saturated rings. The van der Waals surface area contributed by atoms with Crippen LogP contribution in [0, 0.1) is 6.92 Å². The van der Waals surface area contributed by atoms with Crippen LogP contribution in [-0.4, -0.2) is 13.4 Å². The highest BCUT2D eigenvalue weighted by molar-refractivity contribution is 7.72. The van der Waals surface area contributed by atoms with Gasteiger partial charge in [0.05, 0.1) is 4.90 Å². The number of rotatable bonds is 1. The molecular weight excluding hydrogens is 150 g/mol. The van der Waals surface area contributed by atoms with Crippen molar-refractivity contribution in [2.45, 2.75) is 11.8 Å². The van der Waals surface area contributed by atoms with Crippen molar-refractivity contribution in [3.63, 3.8) is 0 Å². The summed E-state index contributed by atoms with van der Waals surface area (Å²) in [6, 6.07) is 3.20. The molecule has 54 valence electrons. The van der Waals surface area contributed by atoms with Crippen LogP contribution in [0.1, 0.15) is 5.69 Å². The third kappa shape index (κ3) is 1.54. The molecule has 0 N–H and O–H groups in total. The van der Waals surface area contributed by atoms with Crippen LogP contribution in [0.2, 0.25) is 0 Å². The first kappa shape index (κ1) is 7.21. The lowest BCUT2D eigenvalue weighted by atomic mass is 10.4. The van der Waals surface area contributed by atoms with Gasteiger partial charge in [-0.25, -0.2) is 8.42 Å². The quantitative estimate of drug-likeness (QED) is 0.599. The maximum atomic E-state index is 10.3. The summed E-state index contributed by atoms with van der Waals surface area (Å²) in [5.74, 6) is 0. The van der Waals surface area contributed by atoms with E-state index in [1.165, 1.54) is 12.3 Å². The number of hydrogen-bond donors (Lipinski definition) is 1. The van der Waals surface area contributed by atoms with Gasteiger partial charge in [-0.15, -0.1) is 0 Å². The minimum Gasteiger partial charge on any atom is -0.260 e. The Kier molecular flexibility index (Phi) is 2.01. The molecular formula is C6H7NO2S. The van der Waals surface area contributed by atoms with E-state index >= 15 is 0 Å². The average molecular weight is 157 g/mol. The van der Waals surface area contributed by atoms with Crippen molar-refractivity contribution in [3.05, 3.63) is 24.0 Å². The van der Waals surface area contributed by atoms with Gasteiger partial charge in [0.2, 0.25) is 0 Å². The van der Waals surface area contributed by atoms with Gasteiger partial charge in [0, 0.05) is 11.9 Å². The van der Waals surface area contributed by atoms with Gasteiger partial charge in [-0.3, -0.25) is 4.98 Å². The molecule has 1 aromatic rings. The van der Waals surface area contributed by atoms with Crippen LogP contribution in [0.4, 0.5) is 0 Å². The van der Waals surface area contributed by atoms with Crippen LogP contribution in [-0.2, 0) is 10.7 Å². The van der Waals surface area contributed by atoms with Crippen LogP contribution >= 0.6 is 0 Å². The van der Waals surface area contributed by atoms with E-state index in [1.54, 1.807) is 6.07 Å². The Morgan fingerprint density at radius 1 is 1.40 bits per heavy atom. The van der Waals surface area contributed by atoms with Gasteiger partial charge in [-0.05, 0) is 19.1 Å². The van der Waals surface area contributed by atoms with E-state index in [-0.39, 0.29) is 4.90 Å². The summed E-state index contributed by atoms with van der Waals surface area (Å²) in [5, 5.41) is 0. The molecule has 0 aliphatic heterocycles. The minimum absolute atomic E-state index is 0.264. The van der Waals surface area contributed by atoms with E-state index in [9.17, 15) is 8.42 Å². The molecule has 0 unspecified atom stereocenters. The second kappa shape index (κ2) is 2.79. The molecule has 1 aromatic heterocycles. The molecule has 1 heterocycles. The molecule has 0 aromatic carbocycles. The zero-order chi connectivity index (χ0) is 7.56. The first-order valence-electron chi connectivity index (χ1n) is 2.77. The molecule has 0 amide bonds. The van der Waals surface area contributed by atoms with Gasteiger partial charge in [-0.1, -0.05) is 0 Å². The molecule has 0 saturated heterocycles. The van der Waals surface area contributed by atoms with E-state index in [4.69, 9.17) is 0 Å². The molecule has 3 nitrogen and oxygen atoms in total. The first-order valence-corrected chi connectivity index (χ1v) is 3.95. The number of thiol groups is 1. The van der Waals surface area contributed by atoms with Gasteiger partial charge in [0.25, 0.3) is 0 Å². The van der Waals surface area contributed by atoms with Crippen molar-refractivity contribution in [2.24, 2.45) is 0 Å². The third-order valence-corrected chi connectivity index (χ3v) is 1.79. The van der Waals surface area contributed by atoms with Gasteiger partial charge in [0.15, 0.2) is 10.7 Å². The van der Waals surface area contributed by atoms with Gasteiger partial charge in [0.1, 0.15) is 0 Å². The highest BCUT2D eigenvalue weighted by Gasteiger charge is 1.91. The summed E-state index contributed by atoms with van der Waals surface area (Å²) < 4.78 is 20.6. The maximum absolute atomic E-state index is 10.3. The van der Waals surface area contributed by atoms with Crippen LogP contribution in [0.25, 0.3) is 0 Å². The van der Waals surface area contributed by atoms with Crippen molar-refractivity contribution in [2.75, 3.05) is 0 Å². The molecule has 0 spiro atoms. The molecule has 0 radical (unpaired) electrons. The lowest BCUT2D eigenvalue weighted by Crippen LogP contribution is -1.83. The zero-order valence-corrected chi connectivity index (χ0v) is 6.34. The van der Waals surface area contributed by atoms with Gasteiger partial charge in [-0.2, -0.15) is 0 Å². The molecule has 0 bridgehead atoms. The first-order chi connectivity index (χ1) is 4.70. The van der Waals surface area contributed by atoms with Gasteiger partial charge >= 0.3 is 0 Å². The second-order valence-electron chi connectivity index (χ2n) is 1.91. The Labute approximate surface area is 60.7 Å². The van der Waals surface area contributed by atoms with Crippen LogP contribution in [0.5, 0.6) is 0 Å². The fraction of sp³-hybridized carbons (Fsp3) is 0.167. The molecule has 0 saturated carbocycles. The molecule has 0 aliphatic rings. The number of nitrogens with zero attached hydrogens (tertiary/aromatic N) is 1. The van der Waals surface area contributed by atoms with Crippen molar-refractivity contribution in [1.29, 1.82) is 0 Å². The van der Waals surface area contributed by atoms with Crippen molar-refractivity contribution in [3.8, 4) is 0 Å². The Hall–Kier alpha value is -0.900. The van der Waals surface area contributed by atoms with E-state index in [0.717, 1.165) is 5.69 Å². The smallest absolute Gasteiger partial charge is 0.169 e. The number of hydrogen-bond acceptors (Lipinski definition) is 3. The predicted molar refractivity (Wildman–Crippen MR) is 37.6 cm³/mol. The summed E-state index contributed by atoms with van der Waals surface area (Å²) in [5.41, 5.74) is 0.820. The topological polar surface area (TPSA) is 47.0 Å². The summed E-state index contributed by atoms with van der Waals surface area (Å²) in [7, 11) is -2.47. The van der Waals surface area contributed by atoms with Crippen molar-refractivity contribution in [1.82, 2.24) is 4.98 Å². The summed E-state index contributed by atoms with van der Waals surface area (Å²) in [4.78, 5) is 4.08. The molecule has 0 aliphatic carbocycles. The summed E-state index contributed by atoms with van der Waals surface area (Å²) in [6.45, 7) is 1.81. The highest BCUT2D eigenvalue weighted by atomic mass is 32.2. The predicted octanol–water partition coefficient (Wildman–Crippen LogP) is 0.360.